The molecule has 3 aliphatic heterocycles. The van der Waals surface area contributed by atoms with Crippen molar-refractivity contribution >= 4 is 0 Å². The van der Waals surface area contributed by atoms with Crippen LogP contribution in [0.15, 0.2) is 0 Å². The third-order valence-electron chi connectivity index (χ3n) is 6.01. The molecule has 0 spiro atoms. The maximum atomic E-state index is 10.3. The summed E-state index contributed by atoms with van der Waals surface area (Å²) in [4.78, 5) is 4.79. The predicted molar refractivity (Wildman–Crippen MR) is 106 cm³/mol. The zero-order chi connectivity index (χ0) is 19.3. The molecule has 1 N–H and O–H groups in total. The van der Waals surface area contributed by atoms with Crippen molar-refractivity contribution in [1.82, 2.24) is 9.80 Å². The number of hydrogen-bond acceptors (Lipinski definition) is 6. The van der Waals surface area contributed by atoms with E-state index in [-0.39, 0.29) is 12.2 Å². The Bertz CT molecular complexity index is 438. The van der Waals surface area contributed by atoms with Crippen LogP contribution < -0.4 is 0 Å². The normalized spacial score (nSPS) is 31.7. The van der Waals surface area contributed by atoms with Crippen LogP contribution in [-0.2, 0) is 14.2 Å². The Labute approximate surface area is 165 Å². The number of ether oxygens (including phenoxy) is 3. The van der Waals surface area contributed by atoms with Gasteiger partial charge in [-0.25, -0.2) is 0 Å². The Balaban J connectivity index is 1.37. The van der Waals surface area contributed by atoms with Crippen molar-refractivity contribution in [2.24, 2.45) is 5.92 Å². The molecule has 6 heteroatoms. The van der Waals surface area contributed by atoms with Crippen LogP contribution in [0.2, 0.25) is 0 Å². The maximum absolute atomic E-state index is 10.3. The maximum Gasteiger partial charge on any atom is 0.193 e. The Morgan fingerprint density at radius 2 is 1.67 bits per heavy atom. The van der Waals surface area contributed by atoms with E-state index in [1.54, 1.807) is 0 Å². The van der Waals surface area contributed by atoms with E-state index in [1.807, 2.05) is 6.92 Å². The number of hydrogen-bond donors (Lipinski definition) is 1. The minimum Gasteiger partial charge on any atom is -0.389 e. The fraction of sp³-hybridized carbons (Fsp3) is 1.00. The van der Waals surface area contributed by atoms with Gasteiger partial charge in [0.2, 0.25) is 0 Å². The molecule has 0 aromatic carbocycles. The summed E-state index contributed by atoms with van der Waals surface area (Å²) in [6, 6.07) is 0. The first-order chi connectivity index (χ1) is 12.9. The second-order valence-corrected chi connectivity index (χ2v) is 9.19. The summed E-state index contributed by atoms with van der Waals surface area (Å²) in [5.74, 6) is 0.0673. The van der Waals surface area contributed by atoms with Crippen molar-refractivity contribution in [3.63, 3.8) is 0 Å². The molecule has 0 radical (unpaired) electrons. The minimum absolute atomic E-state index is 0.00619. The first-order valence-electron chi connectivity index (χ1n) is 11.0. The van der Waals surface area contributed by atoms with Gasteiger partial charge in [0.25, 0.3) is 0 Å². The van der Waals surface area contributed by atoms with E-state index >= 15 is 0 Å². The minimum atomic E-state index is -0.463. The number of likely N-dealkylation sites (tertiary alicyclic amines) is 2. The molecule has 3 aliphatic rings. The molecule has 4 unspecified atom stereocenters. The third kappa shape index (κ3) is 6.94. The van der Waals surface area contributed by atoms with Gasteiger partial charge in [0.05, 0.1) is 25.4 Å². The van der Waals surface area contributed by atoms with E-state index in [0.717, 1.165) is 26.1 Å². The lowest BCUT2D eigenvalue weighted by Crippen LogP contribution is -2.36. The lowest BCUT2D eigenvalue weighted by molar-refractivity contribution is -0.103. The SMILES string of the molecule is CC(C)CC(COC1(C)OC1CN1CCCC1)OCC(O)CN1CCCC1. The van der Waals surface area contributed by atoms with E-state index < -0.39 is 11.9 Å². The molecule has 0 aromatic rings. The van der Waals surface area contributed by atoms with E-state index in [4.69, 9.17) is 14.2 Å². The quantitative estimate of drug-likeness (QED) is 0.520. The van der Waals surface area contributed by atoms with E-state index in [2.05, 4.69) is 23.6 Å². The van der Waals surface area contributed by atoms with Crippen molar-refractivity contribution in [3.8, 4) is 0 Å². The summed E-state index contributed by atoms with van der Waals surface area (Å²) in [5, 5.41) is 10.3. The number of epoxide rings is 1. The molecule has 4 atom stereocenters. The summed E-state index contributed by atoms with van der Waals surface area (Å²) < 4.78 is 18.0. The van der Waals surface area contributed by atoms with Crippen LogP contribution in [0.1, 0.15) is 52.9 Å². The molecular formula is C21H40N2O4. The van der Waals surface area contributed by atoms with Crippen molar-refractivity contribution in [2.45, 2.75) is 77.0 Å². The summed E-state index contributed by atoms with van der Waals surface area (Å²) in [6.45, 7) is 13.6. The molecule has 0 aromatic heterocycles. The van der Waals surface area contributed by atoms with Crippen molar-refractivity contribution in [1.29, 1.82) is 0 Å². The van der Waals surface area contributed by atoms with Crippen molar-refractivity contribution < 1.29 is 19.3 Å². The molecule has 0 aliphatic carbocycles. The van der Waals surface area contributed by atoms with Gasteiger partial charge >= 0.3 is 0 Å². The first-order valence-corrected chi connectivity index (χ1v) is 11.0. The van der Waals surface area contributed by atoms with Gasteiger partial charge in [-0.05, 0) is 71.1 Å². The molecule has 0 bridgehead atoms. The van der Waals surface area contributed by atoms with E-state index in [1.165, 1.54) is 38.8 Å². The Morgan fingerprint density at radius 1 is 1.04 bits per heavy atom. The topological polar surface area (TPSA) is 57.7 Å². The van der Waals surface area contributed by atoms with Gasteiger partial charge in [0, 0.05) is 13.1 Å². The van der Waals surface area contributed by atoms with Crippen LogP contribution in [0.5, 0.6) is 0 Å². The van der Waals surface area contributed by atoms with Crippen LogP contribution in [0.3, 0.4) is 0 Å². The van der Waals surface area contributed by atoms with Gasteiger partial charge in [-0.1, -0.05) is 13.8 Å². The molecule has 3 fully saturated rings. The fourth-order valence-corrected chi connectivity index (χ4v) is 4.31. The smallest absolute Gasteiger partial charge is 0.193 e. The highest BCUT2D eigenvalue weighted by molar-refractivity contribution is 4.94. The van der Waals surface area contributed by atoms with E-state index in [0.29, 0.717) is 25.7 Å². The number of nitrogens with zero attached hydrogens (tertiary/aromatic N) is 2. The molecule has 6 nitrogen and oxygen atoms in total. The lowest BCUT2D eigenvalue weighted by Gasteiger charge is -2.24. The predicted octanol–water partition coefficient (Wildman–Crippen LogP) is 2.10. The number of rotatable bonds is 12. The molecule has 3 heterocycles. The first kappa shape index (κ1) is 21.5. The molecule has 0 saturated carbocycles. The molecular weight excluding hydrogens is 344 g/mol. The zero-order valence-electron chi connectivity index (χ0n) is 17.6. The Morgan fingerprint density at radius 3 is 2.30 bits per heavy atom. The molecule has 3 rings (SSSR count). The van der Waals surface area contributed by atoms with Crippen LogP contribution in [0.25, 0.3) is 0 Å². The van der Waals surface area contributed by atoms with Gasteiger partial charge < -0.3 is 29.1 Å². The summed E-state index contributed by atoms with van der Waals surface area (Å²) in [5.41, 5.74) is 0. The van der Waals surface area contributed by atoms with Crippen molar-refractivity contribution in [3.05, 3.63) is 0 Å². The van der Waals surface area contributed by atoms with Crippen LogP contribution in [0, 0.1) is 5.92 Å². The number of aliphatic hydroxyl groups is 1. The largest absolute Gasteiger partial charge is 0.389 e. The summed E-state index contributed by atoms with van der Waals surface area (Å²) in [6.07, 6.45) is 5.78. The number of aliphatic hydroxyl groups excluding tert-OH is 1. The van der Waals surface area contributed by atoms with Gasteiger partial charge in [-0.3, -0.25) is 0 Å². The summed E-state index contributed by atoms with van der Waals surface area (Å²) >= 11 is 0. The lowest BCUT2D eigenvalue weighted by atomic mass is 10.1. The Hall–Kier alpha value is -0.240. The van der Waals surface area contributed by atoms with Gasteiger partial charge in [0.15, 0.2) is 5.79 Å². The highest BCUT2D eigenvalue weighted by Gasteiger charge is 2.54. The fourth-order valence-electron chi connectivity index (χ4n) is 4.31. The third-order valence-corrected chi connectivity index (χ3v) is 6.01. The average molecular weight is 385 g/mol. The van der Waals surface area contributed by atoms with Crippen LogP contribution in [0.4, 0.5) is 0 Å². The van der Waals surface area contributed by atoms with Crippen LogP contribution in [-0.4, -0.2) is 91.5 Å². The molecule has 0 amide bonds. The average Bonchev–Trinajstić information content (AvgIpc) is 3.06. The van der Waals surface area contributed by atoms with Crippen LogP contribution >= 0.6 is 0 Å². The van der Waals surface area contributed by atoms with E-state index in [9.17, 15) is 5.11 Å². The highest BCUT2D eigenvalue weighted by Crippen LogP contribution is 2.38. The second kappa shape index (κ2) is 9.99. The molecule has 27 heavy (non-hydrogen) atoms. The van der Waals surface area contributed by atoms with Crippen molar-refractivity contribution in [2.75, 3.05) is 52.5 Å². The second-order valence-electron chi connectivity index (χ2n) is 9.19. The highest BCUT2D eigenvalue weighted by atomic mass is 16.8. The Kier molecular flexibility index (Phi) is 7.94. The van der Waals surface area contributed by atoms with Gasteiger partial charge in [-0.2, -0.15) is 0 Å². The monoisotopic (exact) mass is 384 g/mol. The standard InChI is InChI=1S/C21H40N2O4/c1-17(2)12-19(25-15-18(24)13-22-8-4-5-9-22)16-26-21(3)20(27-21)14-23-10-6-7-11-23/h17-20,24H,4-16H2,1-3H3. The number of β-amino-alcohol motifs (C(OH)–C–C–N with tert-alkyl or cyclic N) is 1. The van der Waals surface area contributed by atoms with Gasteiger partial charge in [0.1, 0.15) is 6.10 Å². The summed E-state index contributed by atoms with van der Waals surface area (Å²) in [7, 11) is 0. The molecule has 158 valence electrons. The zero-order valence-corrected chi connectivity index (χ0v) is 17.6. The molecule has 3 saturated heterocycles. The van der Waals surface area contributed by atoms with Gasteiger partial charge in [-0.15, -0.1) is 0 Å².